The van der Waals surface area contributed by atoms with E-state index in [1.165, 1.54) is 0 Å². The zero-order chi connectivity index (χ0) is 15.6. The molecular weight excluding hydrogens is 408 g/mol. The van der Waals surface area contributed by atoms with Crippen molar-refractivity contribution in [1.29, 1.82) is 5.26 Å². The van der Waals surface area contributed by atoms with E-state index >= 15 is 0 Å². The molecule has 106 valence electrons. The van der Waals surface area contributed by atoms with E-state index in [2.05, 4.69) is 31.9 Å². The van der Waals surface area contributed by atoms with Gasteiger partial charge in [-0.3, -0.25) is 4.79 Å². The summed E-state index contributed by atoms with van der Waals surface area (Å²) in [7, 11) is 0. The van der Waals surface area contributed by atoms with Crippen LogP contribution in [0.15, 0.2) is 45.3 Å². The number of nitriles is 1. The molecule has 0 saturated carbocycles. The predicted molar refractivity (Wildman–Crippen MR) is 80.9 cm³/mol. The molecule has 0 bridgehead atoms. The summed E-state index contributed by atoms with van der Waals surface area (Å²) >= 11 is 6.17. The molecule has 2 rings (SSSR count). The molecule has 0 aliphatic heterocycles. The first-order valence-corrected chi connectivity index (χ1v) is 7.36. The minimum absolute atomic E-state index is 0.185. The van der Waals surface area contributed by atoms with Gasteiger partial charge in [0.1, 0.15) is 17.6 Å². The van der Waals surface area contributed by atoms with Gasteiger partial charge in [-0.2, -0.15) is 5.26 Å². The van der Waals surface area contributed by atoms with Crippen molar-refractivity contribution in [3.63, 3.8) is 0 Å². The third kappa shape index (κ3) is 3.36. The van der Waals surface area contributed by atoms with Crippen LogP contribution in [0.5, 0.6) is 0 Å². The zero-order valence-electron chi connectivity index (χ0n) is 10.4. The van der Waals surface area contributed by atoms with Gasteiger partial charge < -0.3 is 0 Å². The van der Waals surface area contributed by atoms with Gasteiger partial charge >= 0.3 is 0 Å². The Morgan fingerprint density at radius 2 is 1.71 bits per heavy atom. The van der Waals surface area contributed by atoms with Crippen molar-refractivity contribution in [2.45, 2.75) is 5.92 Å². The summed E-state index contributed by atoms with van der Waals surface area (Å²) in [5.41, 5.74) is -0.330. The lowest BCUT2D eigenvalue weighted by Gasteiger charge is -2.11. The van der Waals surface area contributed by atoms with Crippen molar-refractivity contribution < 1.29 is 13.6 Å². The second-order valence-corrected chi connectivity index (χ2v) is 6.06. The molecule has 6 heteroatoms. The number of carbonyl (C=O) groups is 1. The van der Waals surface area contributed by atoms with Gasteiger partial charge in [0.15, 0.2) is 5.78 Å². The first-order chi connectivity index (χ1) is 9.93. The molecule has 0 radical (unpaired) electrons. The highest BCUT2D eigenvalue weighted by atomic mass is 79.9. The van der Waals surface area contributed by atoms with Gasteiger partial charge in [-0.25, -0.2) is 8.78 Å². The number of Topliss-reactive ketones (excluding diaryl/α,β-unsaturated/α-hetero) is 1. The average Bonchev–Trinajstić information content (AvgIpc) is 2.38. The molecule has 0 spiro atoms. The molecule has 0 aliphatic carbocycles. The molecule has 0 aromatic heterocycles. The number of carbonyl (C=O) groups excluding carboxylic acids is 1. The predicted octanol–water partition coefficient (Wildman–Crippen LogP) is 4.98. The maximum atomic E-state index is 13.8. The fraction of sp³-hybridized carbons (Fsp3) is 0.0667. The fourth-order valence-corrected chi connectivity index (χ4v) is 2.71. The van der Waals surface area contributed by atoms with Gasteiger partial charge in [0, 0.05) is 8.95 Å². The van der Waals surface area contributed by atoms with E-state index in [0.29, 0.717) is 10.0 Å². The van der Waals surface area contributed by atoms with E-state index in [1.807, 2.05) is 0 Å². The molecule has 2 aromatic carbocycles. The van der Waals surface area contributed by atoms with Crippen molar-refractivity contribution in [1.82, 2.24) is 0 Å². The van der Waals surface area contributed by atoms with Gasteiger partial charge in [-0.05, 0) is 29.8 Å². The third-order valence-corrected chi connectivity index (χ3v) is 3.78. The molecule has 0 heterocycles. The molecule has 0 N–H and O–H groups in total. The van der Waals surface area contributed by atoms with Crippen LogP contribution in [0, 0.1) is 23.0 Å². The maximum Gasteiger partial charge on any atom is 0.190 e. The Kier molecular flexibility index (Phi) is 4.86. The third-order valence-electron chi connectivity index (χ3n) is 2.83. The summed E-state index contributed by atoms with van der Waals surface area (Å²) in [4.78, 5) is 12.3. The first kappa shape index (κ1) is 15.8. The summed E-state index contributed by atoms with van der Waals surface area (Å²) in [6.07, 6.45) is 0. The molecule has 0 saturated heterocycles. The van der Waals surface area contributed by atoms with Crippen LogP contribution in [0.3, 0.4) is 0 Å². The Balaban J connectivity index is 2.50. The second-order valence-electron chi connectivity index (χ2n) is 4.23. The van der Waals surface area contributed by atoms with Gasteiger partial charge in [0.2, 0.25) is 0 Å². The van der Waals surface area contributed by atoms with Crippen LogP contribution in [0.25, 0.3) is 0 Å². The second kappa shape index (κ2) is 6.46. The molecule has 1 atom stereocenters. The summed E-state index contributed by atoms with van der Waals surface area (Å²) in [6, 6.07) is 10.3. The molecule has 2 aromatic rings. The molecule has 0 aliphatic rings. The van der Waals surface area contributed by atoms with Gasteiger partial charge in [0.05, 0.1) is 11.6 Å². The van der Waals surface area contributed by atoms with Crippen molar-refractivity contribution >= 4 is 37.6 Å². The summed E-state index contributed by atoms with van der Waals surface area (Å²) < 4.78 is 28.5. The van der Waals surface area contributed by atoms with E-state index in [-0.39, 0.29) is 4.47 Å². The summed E-state index contributed by atoms with van der Waals surface area (Å²) in [5.74, 6) is -4.17. The number of halogens is 4. The quantitative estimate of drug-likeness (QED) is 0.664. The van der Waals surface area contributed by atoms with Crippen LogP contribution in [0.1, 0.15) is 21.8 Å². The average molecular weight is 415 g/mol. The standard InChI is InChI=1S/C15H7Br2F2NO/c16-9-3-1-2-8(4-9)11(7-20)15(21)14-12(18)5-10(17)6-13(14)19/h1-6,11H. The molecule has 2 nitrogen and oxygen atoms in total. The number of hydrogen-bond acceptors (Lipinski definition) is 2. The minimum Gasteiger partial charge on any atom is -0.292 e. The van der Waals surface area contributed by atoms with Crippen molar-refractivity contribution in [3.05, 3.63) is 68.1 Å². The van der Waals surface area contributed by atoms with E-state index in [4.69, 9.17) is 0 Å². The van der Waals surface area contributed by atoms with Crippen LogP contribution in [0.2, 0.25) is 0 Å². The molecule has 1 unspecified atom stereocenters. The fourth-order valence-electron chi connectivity index (χ4n) is 1.89. The smallest absolute Gasteiger partial charge is 0.190 e. The first-order valence-electron chi connectivity index (χ1n) is 5.78. The number of benzene rings is 2. The lowest BCUT2D eigenvalue weighted by atomic mass is 9.91. The van der Waals surface area contributed by atoms with Crippen LogP contribution in [-0.2, 0) is 0 Å². The van der Waals surface area contributed by atoms with Crippen LogP contribution in [0.4, 0.5) is 8.78 Å². The SMILES string of the molecule is N#CC(C(=O)c1c(F)cc(Br)cc1F)c1cccc(Br)c1. The van der Waals surface area contributed by atoms with Crippen molar-refractivity contribution in [2.75, 3.05) is 0 Å². The summed E-state index contributed by atoms with van der Waals surface area (Å²) in [5, 5.41) is 9.20. The Bertz CT molecular complexity index is 733. The summed E-state index contributed by atoms with van der Waals surface area (Å²) in [6.45, 7) is 0. The molecular formula is C15H7Br2F2NO. The lowest BCUT2D eigenvalue weighted by Crippen LogP contribution is -2.15. The van der Waals surface area contributed by atoms with Gasteiger partial charge in [-0.15, -0.1) is 0 Å². The largest absolute Gasteiger partial charge is 0.292 e. The Hall–Kier alpha value is -1.58. The number of hydrogen-bond donors (Lipinski definition) is 0. The van der Waals surface area contributed by atoms with Crippen LogP contribution < -0.4 is 0 Å². The zero-order valence-corrected chi connectivity index (χ0v) is 13.6. The van der Waals surface area contributed by atoms with Gasteiger partial charge in [0.25, 0.3) is 0 Å². The Labute approximate surface area is 136 Å². The maximum absolute atomic E-state index is 13.8. The molecule has 0 amide bonds. The van der Waals surface area contributed by atoms with Crippen molar-refractivity contribution in [3.8, 4) is 6.07 Å². The number of rotatable bonds is 3. The van der Waals surface area contributed by atoms with Gasteiger partial charge in [-0.1, -0.05) is 44.0 Å². The lowest BCUT2D eigenvalue weighted by molar-refractivity contribution is 0.0970. The van der Waals surface area contributed by atoms with E-state index in [9.17, 15) is 18.8 Å². The molecule has 21 heavy (non-hydrogen) atoms. The monoisotopic (exact) mass is 413 g/mol. The highest BCUT2D eigenvalue weighted by Gasteiger charge is 2.27. The minimum atomic E-state index is -1.27. The van der Waals surface area contributed by atoms with E-state index in [0.717, 1.165) is 12.1 Å². The highest BCUT2D eigenvalue weighted by molar-refractivity contribution is 9.10. The van der Waals surface area contributed by atoms with Crippen LogP contribution >= 0.6 is 31.9 Å². The van der Waals surface area contributed by atoms with E-state index in [1.54, 1.807) is 30.3 Å². The van der Waals surface area contributed by atoms with Crippen LogP contribution in [-0.4, -0.2) is 5.78 Å². The molecule has 0 fully saturated rings. The van der Waals surface area contributed by atoms with E-state index < -0.39 is 28.9 Å². The normalized spacial score (nSPS) is 11.8. The topological polar surface area (TPSA) is 40.9 Å². The van der Waals surface area contributed by atoms with Crippen molar-refractivity contribution in [2.24, 2.45) is 0 Å². The highest BCUT2D eigenvalue weighted by Crippen LogP contribution is 2.27. The number of ketones is 1. The Morgan fingerprint density at radius 1 is 1.10 bits per heavy atom. The number of nitrogens with zero attached hydrogens (tertiary/aromatic N) is 1. The Morgan fingerprint density at radius 3 is 2.24 bits per heavy atom.